The number of nitrogens with one attached hydrogen (secondary N) is 1. The Labute approximate surface area is 121 Å². The Morgan fingerprint density at radius 2 is 2.05 bits per heavy atom. The summed E-state index contributed by atoms with van der Waals surface area (Å²) in [6, 6.07) is 8.82. The monoisotopic (exact) mass is 275 g/mol. The van der Waals surface area contributed by atoms with Crippen molar-refractivity contribution in [1.82, 2.24) is 5.32 Å². The summed E-state index contributed by atoms with van der Waals surface area (Å²) in [6.45, 7) is 4.24. The average Bonchev–Trinajstić information content (AvgIpc) is 2.38. The van der Waals surface area contributed by atoms with Gasteiger partial charge in [-0.1, -0.05) is 30.7 Å². The van der Waals surface area contributed by atoms with Gasteiger partial charge in [0.1, 0.15) is 0 Å². The van der Waals surface area contributed by atoms with E-state index in [1.807, 2.05) is 6.92 Å². The molecular formula is C17H25NO2. The number of hydrogen-bond acceptors (Lipinski definition) is 3. The van der Waals surface area contributed by atoms with Crippen LogP contribution in [0, 0.1) is 0 Å². The molecule has 1 aromatic rings. The van der Waals surface area contributed by atoms with Crippen LogP contribution in [0.2, 0.25) is 0 Å². The summed E-state index contributed by atoms with van der Waals surface area (Å²) in [7, 11) is 0. The quantitative estimate of drug-likeness (QED) is 0.887. The van der Waals surface area contributed by atoms with Gasteiger partial charge in [-0.2, -0.15) is 0 Å². The van der Waals surface area contributed by atoms with Gasteiger partial charge in [0.15, 0.2) is 0 Å². The molecule has 1 aromatic carbocycles. The van der Waals surface area contributed by atoms with E-state index in [0.717, 1.165) is 24.6 Å². The molecule has 3 heteroatoms. The minimum Gasteiger partial charge on any atom is -0.385 e. The second-order valence-electron chi connectivity index (χ2n) is 6.45. The summed E-state index contributed by atoms with van der Waals surface area (Å²) in [5.74, 6) is 0.752. The largest absolute Gasteiger partial charge is 0.385 e. The molecule has 0 amide bonds. The zero-order chi connectivity index (χ0) is 14.0. The van der Waals surface area contributed by atoms with Crippen molar-refractivity contribution in [2.45, 2.75) is 50.2 Å². The predicted molar refractivity (Wildman–Crippen MR) is 79.8 cm³/mol. The van der Waals surface area contributed by atoms with Gasteiger partial charge in [0.2, 0.25) is 0 Å². The van der Waals surface area contributed by atoms with Gasteiger partial charge in [0, 0.05) is 12.6 Å². The summed E-state index contributed by atoms with van der Waals surface area (Å²) in [6.07, 6.45) is 4.69. The van der Waals surface area contributed by atoms with Gasteiger partial charge in [-0.15, -0.1) is 0 Å². The Morgan fingerprint density at radius 1 is 1.30 bits per heavy atom. The van der Waals surface area contributed by atoms with E-state index < -0.39 is 5.60 Å². The molecule has 20 heavy (non-hydrogen) atoms. The Balaban J connectivity index is 1.66. The van der Waals surface area contributed by atoms with E-state index in [-0.39, 0.29) is 6.04 Å². The highest BCUT2D eigenvalue weighted by molar-refractivity contribution is 5.30. The number of benzene rings is 1. The first-order valence-corrected chi connectivity index (χ1v) is 7.79. The van der Waals surface area contributed by atoms with E-state index in [4.69, 9.17) is 4.74 Å². The number of ether oxygens (including phenoxy) is 1. The van der Waals surface area contributed by atoms with Gasteiger partial charge in [0.25, 0.3) is 0 Å². The smallest absolute Gasteiger partial charge is 0.0884 e. The molecule has 2 unspecified atom stereocenters. The molecule has 0 bridgehead atoms. The molecule has 0 aromatic heterocycles. The average molecular weight is 275 g/mol. The highest BCUT2D eigenvalue weighted by atomic mass is 16.5. The predicted octanol–water partition coefficient (Wildman–Crippen LogP) is 2.54. The van der Waals surface area contributed by atoms with Gasteiger partial charge in [-0.05, 0) is 43.2 Å². The maximum atomic E-state index is 10.7. The molecule has 2 N–H and O–H groups in total. The van der Waals surface area contributed by atoms with Crippen LogP contribution in [0.1, 0.15) is 49.7 Å². The minimum absolute atomic E-state index is 0.241. The van der Waals surface area contributed by atoms with E-state index in [1.54, 1.807) is 0 Å². The van der Waals surface area contributed by atoms with Gasteiger partial charge in [-0.3, -0.25) is 0 Å². The lowest BCUT2D eigenvalue weighted by Crippen LogP contribution is -2.45. The van der Waals surface area contributed by atoms with Gasteiger partial charge < -0.3 is 15.2 Å². The molecule has 1 aliphatic carbocycles. The molecule has 2 fully saturated rings. The van der Waals surface area contributed by atoms with E-state index >= 15 is 0 Å². The fourth-order valence-electron chi connectivity index (χ4n) is 3.20. The highest BCUT2D eigenvalue weighted by Gasteiger charge is 2.29. The van der Waals surface area contributed by atoms with Crippen LogP contribution in [0.15, 0.2) is 24.3 Å². The van der Waals surface area contributed by atoms with Crippen molar-refractivity contribution in [3.05, 3.63) is 35.4 Å². The van der Waals surface area contributed by atoms with Crippen molar-refractivity contribution in [1.29, 1.82) is 0 Å². The molecule has 0 radical (unpaired) electrons. The topological polar surface area (TPSA) is 41.5 Å². The van der Waals surface area contributed by atoms with Crippen LogP contribution in [-0.2, 0) is 10.3 Å². The molecule has 1 aliphatic heterocycles. The Kier molecular flexibility index (Phi) is 4.11. The van der Waals surface area contributed by atoms with Crippen LogP contribution >= 0.6 is 0 Å². The third-order valence-electron chi connectivity index (χ3n) is 4.75. The number of rotatable bonds is 4. The molecule has 110 valence electrons. The van der Waals surface area contributed by atoms with Gasteiger partial charge in [-0.25, -0.2) is 0 Å². The molecule has 1 heterocycles. The first kappa shape index (κ1) is 14.1. The summed E-state index contributed by atoms with van der Waals surface area (Å²) < 4.78 is 5.46. The lowest BCUT2D eigenvalue weighted by molar-refractivity contribution is 0.00321. The molecule has 0 spiro atoms. The van der Waals surface area contributed by atoms with Crippen molar-refractivity contribution in [3.63, 3.8) is 0 Å². The Hall–Kier alpha value is -0.900. The number of hydrogen-bond donors (Lipinski definition) is 2. The maximum absolute atomic E-state index is 10.7. The van der Waals surface area contributed by atoms with Crippen molar-refractivity contribution in [2.75, 3.05) is 19.8 Å². The lowest BCUT2D eigenvalue weighted by Gasteiger charge is -2.32. The molecule has 1 saturated heterocycles. The zero-order valence-electron chi connectivity index (χ0n) is 12.3. The standard InChI is InChI=1S/C17H25NO2/c1-17(19,11-16-12-20-10-9-18-16)15-7-5-14(6-8-15)13-3-2-4-13/h5-8,13,16,18-19H,2-4,9-12H2,1H3. The summed E-state index contributed by atoms with van der Waals surface area (Å²) in [5, 5.41) is 14.2. The fourth-order valence-corrected chi connectivity index (χ4v) is 3.20. The van der Waals surface area contributed by atoms with Crippen molar-refractivity contribution in [2.24, 2.45) is 0 Å². The molecule has 3 nitrogen and oxygen atoms in total. The second kappa shape index (κ2) is 5.84. The SMILES string of the molecule is CC(O)(CC1COCCN1)c1ccc(C2CCC2)cc1. The van der Waals surface area contributed by atoms with Crippen LogP contribution in [0.3, 0.4) is 0 Å². The van der Waals surface area contributed by atoms with Crippen molar-refractivity contribution >= 4 is 0 Å². The second-order valence-corrected chi connectivity index (χ2v) is 6.45. The third-order valence-corrected chi connectivity index (χ3v) is 4.75. The first-order chi connectivity index (χ1) is 9.65. The van der Waals surface area contributed by atoms with Crippen LogP contribution in [-0.4, -0.2) is 30.9 Å². The Morgan fingerprint density at radius 3 is 2.60 bits per heavy atom. The highest BCUT2D eigenvalue weighted by Crippen LogP contribution is 2.37. The molecule has 3 rings (SSSR count). The van der Waals surface area contributed by atoms with Gasteiger partial charge in [0.05, 0.1) is 18.8 Å². The van der Waals surface area contributed by atoms with E-state index in [0.29, 0.717) is 13.0 Å². The normalized spacial score (nSPS) is 26.8. The lowest BCUT2D eigenvalue weighted by atomic mass is 9.79. The Bertz CT molecular complexity index is 431. The van der Waals surface area contributed by atoms with Crippen molar-refractivity contribution in [3.8, 4) is 0 Å². The van der Waals surface area contributed by atoms with Crippen LogP contribution < -0.4 is 5.32 Å². The molecule has 2 atom stereocenters. The number of morpholine rings is 1. The fraction of sp³-hybridized carbons (Fsp3) is 0.647. The van der Waals surface area contributed by atoms with E-state index in [2.05, 4.69) is 29.6 Å². The molecule has 2 aliphatic rings. The van der Waals surface area contributed by atoms with Crippen LogP contribution in [0.5, 0.6) is 0 Å². The third kappa shape index (κ3) is 3.05. The number of aliphatic hydroxyl groups is 1. The molecule has 1 saturated carbocycles. The van der Waals surface area contributed by atoms with Crippen LogP contribution in [0.25, 0.3) is 0 Å². The van der Waals surface area contributed by atoms with E-state index in [1.165, 1.54) is 24.8 Å². The summed E-state index contributed by atoms with van der Waals surface area (Å²) >= 11 is 0. The van der Waals surface area contributed by atoms with E-state index in [9.17, 15) is 5.11 Å². The maximum Gasteiger partial charge on any atom is 0.0884 e. The minimum atomic E-state index is -0.795. The van der Waals surface area contributed by atoms with Crippen molar-refractivity contribution < 1.29 is 9.84 Å². The van der Waals surface area contributed by atoms with Crippen LogP contribution in [0.4, 0.5) is 0 Å². The molecular weight excluding hydrogens is 250 g/mol. The zero-order valence-corrected chi connectivity index (χ0v) is 12.3. The summed E-state index contributed by atoms with van der Waals surface area (Å²) in [4.78, 5) is 0. The summed E-state index contributed by atoms with van der Waals surface area (Å²) in [5.41, 5.74) is 1.64. The van der Waals surface area contributed by atoms with Gasteiger partial charge >= 0.3 is 0 Å². The first-order valence-electron chi connectivity index (χ1n) is 7.79.